The fourth-order valence-corrected chi connectivity index (χ4v) is 2.75. The molecule has 1 atom stereocenters. The Morgan fingerprint density at radius 2 is 2.00 bits per heavy atom. The zero-order valence-corrected chi connectivity index (χ0v) is 13.7. The van der Waals surface area contributed by atoms with Gasteiger partial charge in [0.25, 0.3) is 0 Å². The molecule has 22 heavy (non-hydrogen) atoms. The van der Waals surface area contributed by atoms with Gasteiger partial charge in [-0.2, -0.15) is 0 Å². The number of hydrogen-bond donors (Lipinski definition) is 1. The highest BCUT2D eigenvalue weighted by Crippen LogP contribution is 2.29. The summed E-state index contributed by atoms with van der Waals surface area (Å²) in [7, 11) is 0. The van der Waals surface area contributed by atoms with Crippen molar-refractivity contribution in [1.82, 2.24) is 10.2 Å². The van der Waals surface area contributed by atoms with Gasteiger partial charge in [0, 0.05) is 30.1 Å². The first kappa shape index (κ1) is 16.6. The van der Waals surface area contributed by atoms with E-state index >= 15 is 0 Å². The minimum absolute atomic E-state index is 0.0166. The van der Waals surface area contributed by atoms with Crippen LogP contribution in [0.25, 0.3) is 0 Å². The van der Waals surface area contributed by atoms with Crippen LogP contribution in [0, 0.1) is 5.41 Å². The lowest BCUT2D eigenvalue weighted by Gasteiger charge is -2.47. The molecule has 1 aromatic rings. The summed E-state index contributed by atoms with van der Waals surface area (Å²) in [5, 5.41) is 3.64. The third-order valence-corrected chi connectivity index (χ3v) is 4.34. The van der Waals surface area contributed by atoms with Crippen molar-refractivity contribution < 1.29 is 9.59 Å². The fourth-order valence-electron chi connectivity index (χ4n) is 2.63. The summed E-state index contributed by atoms with van der Waals surface area (Å²) in [6.45, 7) is 9.26. The molecule has 0 saturated carbocycles. The number of rotatable bonds is 5. The molecule has 118 valence electrons. The lowest BCUT2D eigenvalue weighted by molar-refractivity contribution is -0.137. The van der Waals surface area contributed by atoms with Gasteiger partial charge < -0.3 is 10.2 Å². The third kappa shape index (κ3) is 3.69. The molecule has 2 amide bonds. The van der Waals surface area contributed by atoms with Crippen LogP contribution in [0.15, 0.2) is 36.9 Å². The molecule has 1 aliphatic rings. The molecule has 1 aliphatic heterocycles. The van der Waals surface area contributed by atoms with Crippen LogP contribution >= 0.6 is 11.6 Å². The Kier molecular flexibility index (Phi) is 4.91. The summed E-state index contributed by atoms with van der Waals surface area (Å²) < 4.78 is 0. The Labute approximate surface area is 136 Å². The average molecular weight is 321 g/mol. The van der Waals surface area contributed by atoms with Crippen molar-refractivity contribution >= 4 is 23.4 Å². The van der Waals surface area contributed by atoms with Crippen LogP contribution in [0.5, 0.6) is 0 Å². The molecular formula is C17H21ClN2O2. The van der Waals surface area contributed by atoms with Crippen molar-refractivity contribution in [3.8, 4) is 0 Å². The average Bonchev–Trinajstić information content (AvgIpc) is 2.49. The van der Waals surface area contributed by atoms with Crippen molar-refractivity contribution in [2.75, 3.05) is 19.6 Å². The number of halogens is 1. The molecule has 1 unspecified atom stereocenters. The Morgan fingerprint density at radius 1 is 1.41 bits per heavy atom. The smallest absolute Gasteiger partial charge is 0.245 e. The third-order valence-electron chi connectivity index (χ3n) is 4.08. The lowest BCUT2D eigenvalue weighted by Crippen LogP contribution is -2.60. The number of benzene rings is 1. The summed E-state index contributed by atoms with van der Waals surface area (Å²) in [5.74, 6) is -0.303. The molecule has 4 nitrogen and oxygen atoms in total. The van der Waals surface area contributed by atoms with Crippen molar-refractivity contribution in [2.45, 2.75) is 19.8 Å². The van der Waals surface area contributed by atoms with E-state index in [9.17, 15) is 9.59 Å². The van der Waals surface area contributed by atoms with E-state index in [2.05, 4.69) is 18.8 Å². The van der Waals surface area contributed by atoms with E-state index in [1.165, 1.54) is 6.08 Å². The number of nitrogens with zero attached hydrogens (tertiary/aromatic N) is 1. The molecule has 1 fully saturated rings. The number of hydrogen-bond acceptors (Lipinski definition) is 2. The Bertz CT molecular complexity index is 577. The molecular weight excluding hydrogens is 300 g/mol. The lowest BCUT2D eigenvalue weighted by atomic mass is 9.81. The maximum Gasteiger partial charge on any atom is 0.245 e. The van der Waals surface area contributed by atoms with Crippen LogP contribution in [0.3, 0.4) is 0 Å². The van der Waals surface area contributed by atoms with E-state index in [1.54, 1.807) is 17.0 Å². The standard InChI is InChI=1S/C17H21ClN2O2/c1-4-15(21)20-10-17(3,11-20)9-19-16(22)12(2)13-5-7-14(18)8-6-13/h4-8,12H,1,9-11H2,2-3H3,(H,19,22). The summed E-state index contributed by atoms with van der Waals surface area (Å²) in [4.78, 5) is 25.4. The highest BCUT2D eigenvalue weighted by Gasteiger charge is 2.40. The number of nitrogens with one attached hydrogen (secondary N) is 1. The predicted octanol–water partition coefficient (Wildman–Crippen LogP) is 2.59. The zero-order chi connectivity index (χ0) is 16.3. The van der Waals surface area contributed by atoms with Crippen molar-refractivity contribution in [3.63, 3.8) is 0 Å². The molecule has 1 N–H and O–H groups in total. The van der Waals surface area contributed by atoms with E-state index in [0.717, 1.165) is 5.56 Å². The number of carbonyl (C=O) groups excluding carboxylic acids is 2. The second-order valence-electron chi connectivity index (χ2n) is 6.20. The van der Waals surface area contributed by atoms with Gasteiger partial charge >= 0.3 is 0 Å². The van der Waals surface area contributed by atoms with E-state index in [0.29, 0.717) is 24.7 Å². The first-order chi connectivity index (χ1) is 10.3. The van der Waals surface area contributed by atoms with Crippen LogP contribution in [0.2, 0.25) is 5.02 Å². The molecule has 0 bridgehead atoms. The van der Waals surface area contributed by atoms with Gasteiger partial charge in [-0.05, 0) is 30.7 Å². The van der Waals surface area contributed by atoms with Gasteiger partial charge in [0.1, 0.15) is 0 Å². The maximum absolute atomic E-state index is 12.2. The predicted molar refractivity (Wildman–Crippen MR) is 87.8 cm³/mol. The zero-order valence-electron chi connectivity index (χ0n) is 12.9. The number of amides is 2. The molecule has 0 aliphatic carbocycles. The van der Waals surface area contributed by atoms with Gasteiger partial charge in [-0.1, -0.05) is 37.2 Å². The first-order valence-corrected chi connectivity index (χ1v) is 7.67. The second-order valence-corrected chi connectivity index (χ2v) is 6.64. The highest BCUT2D eigenvalue weighted by molar-refractivity contribution is 6.30. The van der Waals surface area contributed by atoms with E-state index in [1.807, 2.05) is 19.1 Å². The van der Waals surface area contributed by atoms with Crippen LogP contribution in [0.4, 0.5) is 0 Å². The molecule has 0 spiro atoms. The summed E-state index contributed by atoms with van der Waals surface area (Å²) in [6.07, 6.45) is 1.32. The molecule has 1 saturated heterocycles. The molecule has 1 heterocycles. The minimum Gasteiger partial charge on any atom is -0.355 e. The highest BCUT2D eigenvalue weighted by atomic mass is 35.5. The molecule has 1 aromatic carbocycles. The van der Waals surface area contributed by atoms with Gasteiger partial charge in [0.05, 0.1) is 5.92 Å². The minimum atomic E-state index is -0.230. The van der Waals surface area contributed by atoms with Crippen molar-refractivity contribution in [2.24, 2.45) is 5.41 Å². The van der Waals surface area contributed by atoms with Crippen LogP contribution in [-0.2, 0) is 9.59 Å². The van der Waals surface area contributed by atoms with Crippen LogP contribution in [-0.4, -0.2) is 36.3 Å². The summed E-state index contributed by atoms with van der Waals surface area (Å²) in [6, 6.07) is 7.30. The van der Waals surface area contributed by atoms with Gasteiger partial charge in [-0.15, -0.1) is 0 Å². The SMILES string of the molecule is C=CC(=O)N1CC(C)(CNC(=O)C(C)c2ccc(Cl)cc2)C1. The van der Waals surface area contributed by atoms with Gasteiger partial charge in [0.15, 0.2) is 0 Å². The number of carbonyl (C=O) groups is 2. The Balaban J connectivity index is 1.84. The summed E-state index contributed by atoms with van der Waals surface area (Å²) >= 11 is 5.85. The van der Waals surface area contributed by atoms with Crippen LogP contribution in [0.1, 0.15) is 25.3 Å². The molecule has 0 radical (unpaired) electrons. The molecule has 2 rings (SSSR count). The molecule has 0 aromatic heterocycles. The Hall–Kier alpha value is -1.81. The fraction of sp³-hybridized carbons (Fsp3) is 0.412. The van der Waals surface area contributed by atoms with Crippen molar-refractivity contribution in [3.05, 3.63) is 47.5 Å². The first-order valence-electron chi connectivity index (χ1n) is 7.29. The maximum atomic E-state index is 12.2. The topological polar surface area (TPSA) is 49.4 Å². The van der Waals surface area contributed by atoms with Gasteiger partial charge in [-0.25, -0.2) is 0 Å². The van der Waals surface area contributed by atoms with Crippen molar-refractivity contribution in [1.29, 1.82) is 0 Å². The monoisotopic (exact) mass is 320 g/mol. The quantitative estimate of drug-likeness (QED) is 0.848. The number of likely N-dealkylation sites (tertiary alicyclic amines) is 1. The van der Waals surface area contributed by atoms with Gasteiger partial charge in [0.2, 0.25) is 11.8 Å². The summed E-state index contributed by atoms with van der Waals surface area (Å²) in [5.41, 5.74) is 0.873. The van der Waals surface area contributed by atoms with Crippen LogP contribution < -0.4 is 5.32 Å². The second kappa shape index (κ2) is 6.53. The van der Waals surface area contributed by atoms with E-state index in [4.69, 9.17) is 11.6 Å². The van der Waals surface area contributed by atoms with E-state index < -0.39 is 0 Å². The Morgan fingerprint density at radius 3 is 2.55 bits per heavy atom. The van der Waals surface area contributed by atoms with Gasteiger partial charge in [-0.3, -0.25) is 9.59 Å². The molecule has 5 heteroatoms. The van der Waals surface area contributed by atoms with E-state index in [-0.39, 0.29) is 23.1 Å². The largest absolute Gasteiger partial charge is 0.355 e. The normalized spacial score (nSPS) is 17.3.